The van der Waals surface area contributed by atoms with E-state index in [1.165, 1.54) is 6.20 Å². The number of carbonyl (C=O) groups excluding carboxylic acids is 2. The third kappa shape index (κ3) is 6.01. The van der Waals surface area contributed by atoms with Gasteiger partial charge in [0, 0.05) is 36.3 Å². The molecule has 0 spiro atoms. The van der Waals surface area contributed by atoms with Crippen LogP contribution in [-0.2, 0) is 9.53 Å². The predicted octanol–water partition coefficient (Wildman–Crippen LogP) is 4.66. The minimum atomic E-state index is -0.524. The third-order valence-corrected chi connectivity index (χ3v) is 6.03. The van der Waals surface area contributed by atoms with Crippen molar-refractivity contribution in [1.29, 1.82) is 0 Å². The molecule has 4 rings (SSSR count). The molecule has 8 nitrogen and oxygen atoms in total. The molecule has 1 aromatic carbocycles. The summed E-state index contributed by atoms with van der Waals surface area (Å²) in [5.41, 5.74) is 1.03. The molecule has 34 heavy (non-hydrogen) atoms. The van der Waals surface area contributed by atoms with Crippen LogP contribution in [0.25, 0.3) is 11.3 Å². The van der Waals surface area contributed by atoms with Crippen LogP contribution < -0.4 is 15.5 Å². The average Bonchev–Trinajstić information content (AvgIpc) is 3.21. The van der Waals surface area contributed by atoms with Crippen molar-refractivity contribution in [2.45, 2.75) is 77.0 Å². The maximum atomic E-state index is 14.6. The fourth-order valence-electron chi connectivity index (χ4n) is 4.42. The van der Waals surface area contributed by atoms with Crippen LogP contribution in [0.5, 0.6) is 0 Å². The second kappa shape index (κ2) is 9.95. The van der Waals surface area contributed by atoms with Gasteiger partial charge in [0.05, 0.1) is 6.20 Å². The van der Waals surface area contributed by atoms with Crippen LogP contribution in [0, 0.1) is 5.82 Å². The van der Waals surface area contributed by atoms with E-state index in [-0.39, 0.29) is 23.7 Å². The first kappa shape index (κ1) is 23.9. The molecule has 1 aliphatic heterocycles. The first-order valence-corrected chi connectivity index (χ1v) is 11.9. The number of ether oxygens (including phenoxy) is 1. The number of halogens is 1. The Bertz CT molecular complexity index is 1050. The van der Waals surface area contributed by atoms with E-state index in [1.807, 2.05) is 32.9 Å². The summed E-state index contributed by atoms with van der Waals surface area (Å²) in [4.78, 5) is 34.4. The summed E-state index contributed by atoms with van der Waals surface area (Å²) >= 11 is 0. The molecule has 2 aliphatic rings. The Kier molecular flexibility index (Phi) is 7.00. The molecule has 2 N–H and O–H groups in total. The topological polar surface area (TPSA) is 96.5 Å². The minimum Gasteiger partial charge on any atom is -0.444 e. The van der Waals surface area contributed by atoms with Crippen LogP contribution in [0.1, 0.15) is 59.3 Å². The van der Waals surface area contributed by atoms with Crippen molar-refractivity contribution < 1.29 is 18.7 Å². The van der Waals surface area contributed by atoms with Gasteiger partial charge >= 0.3 is 6.09 Å². The highest BCUT2D eigenvalue weighted by Gasteiger charge is 2.26. The van der Waals surface area contributed by atoms with E-state index in [4.69, 9.17) is 4.74 Å². The average molecular weight is 470 g/mol. The van der Waals surface area contributed by atoms with Crippen molar-refractivity contribution in [3.8, 4) is 11.3 Å². The number of hydrogen-bond acceptors (Lipinski definition) is 6. The van der Waals surface area contributed by atoms with Gasteiger partial charge in [0.15, 0.2) is 5.82 Å². The lowest BCUT2D eigenvalue weighted by atomic mass is 9.91. The van der Waals surface area contributed by atoms with E-state index < -0.39 is 17.5 Å². The predicted molar refractivity (Wildman–Crippen MR) is 128 cm³/mol. The van der Waals surface area contributed by atoms with Crippen molar-refractivity contribution in [2.75, 3.05) is 16.8 Å². The Morgan fingerprint density at radius 1 is 1.18 bits per heavy atom. The SMILES string of the molecule is CC(C)(C)OC(=O)NC1CCC(Nc2ncc(F)c(-c3cccc(N4CCCC4=O)c3)n2)CC1. The zero-order valence-corrected chi connectivity index (χ0v) is 19.9. The van der Waals surface area contributed by atoms with Gasteiger partial charge < -0.3 is 20.3 Å². The maximum absolute atomic E-state index is 14.6. The molecule has 1 aliphatic carbocycles. The molecule has 1 aromatic heterocycles. The van der Waals surface area contributed by atoms with Crippen LogP contribution >= 0.6 is 0 Å². The zero-order valence-electron chi connectivity index (χ0n) is 19.9. The molecule has 0 unspecified atom stereocenters. The van der Waals surface area contributed by atoms with Crippen molar-refractivity contribution in [3.63, 3.8) is 0 Å². The van der Waals surface area contributed by atoms with Gasteiger partial charge in [-0.05, 0) is 65.0 Å². The molecule has 2 heterocycles. The Labute approximate surface area is 199 Å². The Morgan fingerprint density at radius 3 is 2.59 bits per heavy atom. The van der Waals surface area contributed by atoms with Gasteiger partial charge in [-0.15, -0.1) is 0 Å². The quantitative estimate of drug-likeness (QED) is 0.661. The van der Waals surface area contributed by atoms with Gasteiger partial charge in [-0.25, -0.2) is 19.2 Å². The summed E-state index contributed by atoms with van der Waals surface area (Å²) in [5, 5.41) is 6.24. The molecule has 0 atom stereocenters. The lowest BCUT2D eigenvalue weighted by molar-refractivity contribution is -0.117. The first-order chi connectivity index (χ1) is 16.2. The number of anilines is 2. The van der Waals surface area contributed by atoms with E-state index in [9.17, 15) is 14.0 Å². The lowest BCUT2D eigenvalue weighted by Crippen LogP contribution is -2.42. The summed E-state index contributed by atoms with van der Waals surface area (Å²) in [6.45, 7) is 6.19. The van der Waals surface area contributed by atoms with Crippen LogP contribution in [-0.4, -0.2) is 46.2 Å². The van der Waals surface area contributed by atoms with Crippen LogP contribution in [0.4, 0.5) is 20.8 Å². The standard InChI is InChI=1S/C25H32FN5O3/c1-25(2,3)34-24(33)29-18-11-9-17(10-12-18)28-23-27-15-20(26)22(30-23)16-6-4-7-19(14-16)31-13-5-8-21(31)32/h4,6-7,14-15,17-18H,5,8-13H2,1-3H3,(H,29,33)(H,27,28,30). The second-order valence-electron chi connectivity index (χ2n) is 9.93. The number of aromatic nitrogens is 2. The molecule has 2 aromatic rings. The summed E-state index contributed by atoms with van der Waals surface area (Å²) in [5.74, 6) is -0.0669. The van der Waals surface area contributed by atoms with Gasteiger partial charge in [0.1, 0.15) is 11.3 Å². The van der Waals surface area contributed by atoms with Gasteiger partial charge in [-0.2, -0.15) is 0 Å². The fourth-order valence-corrected chi connectivity index (χ4v) is 4.42. The van der Waals surface area contributed by atoms with E-state index in [1.54, 1.807) is 17.0 Å². The smallest absolute Gasteiger partial charge is 0.407 e. The first-order valence-electron chi connectivity index (χ1n) is 11.9. The van der Waals surface area contributed by atoms with Gasteiger partial charge in [-0.3, -0.25) is 4.79 Å². The highest BCUT2D eigenvalue weighted by molar-refractivity contribution is 5.95. The second-order valence-corrected chi connectivity index (χ2v) is 9.93. The summed E-state index contributed by atoms with van der Waals surface area (Å²) in [6.07, 6.45) is 5.39. The van der Waals surface area contributed by atoms with Gasteiger partial charge in [0.2, 0.25) is 11.9 Å². The number of nitrogens with one attached hydrogen (secondary N) is 2. The molecular formula is C25H32FN5O3. The van der Waals surface area contributed by atoms with Gasteiger partial charge in [0.25, 0.3) is 0 Å². The molecule has 1 saturated heterocycles. The number of amides is 2. The van der Waals surface area contributed by atoms with Crippen molar-refractivity contribution >= 4 is 23.6 Å². The molecule has 0 radical (unpaired) electrons. The number of hydrogen-bond donors (Lipinski definition) is 2. The summed E-state index contributed by atoms with van der Waals surface area (Å²) in [7, 11) is 0. The number of rotatable bonds is 5. The number of nitrogens with zero attached hydrogens (tertiary/aromatic N) is 3. The van der Waals surface area contributed by atoms with Crippen LogP contribution in [0.3, 0.4) is 0 Å². The summed E-state index contributed by atoms with van der Waals surface area (Å²) in [6, 6.07) is 7.44. The molecular weight excluding hydrogens is 437 g/mol. The molecule has 2 fully saturated rings. The van der Waals surface area contributed by atoms with Crippen molar-refractivity contribution in [1.82, 2.24) is 15.3 Å². The third-order valence-electron chi connectivity index (χ3n) is 6.03. The molecule has 0 bridgehead atoms. The monoisotopic (exact) mass is 469 g/mol. The molecule has 1 saturated carbocycles. The molecule has 9 heteroatoms. The lowest BCUT2D eigenvalue weighted by Gasteiger charge is -2.30. The Balaban J connectivity index is 1.38. The van der Waals surface area contributed by atoms with E-state index >= 15 is 0 Å². The molecule has 2 amide bonds. The highest BCUT2D eigenvalue weighted by Crippen LogP contribution is 2.29. The fraction of sp³-hybridized carbons (Fsp3) is 0.520. The van der Waals surface area contributed by atoms with Gasteiger partial charge in [-0.1, -0.05) is 12.1 Å². The maximum Gasteiger partial charge on any atom is 0.407 e. The van der Waals surface area contributed by atoms with Crippen LogP contribution in [0.2, 0.25) is 0 Å². The van der Waals surface area contributed by atoms with Crippen molar-refractivity contribution in [2.24, 2.45) is 0 Å². The van der Waals surface area contributed by atoms with Crippen molar-refractivity contribution in [3.05, 3.63) is 36.3 Å². The highest BCUT2D eigenvalue weighted by atomic mass is 19.1. The van der Waals surface area contributed by atoms with Crippen LogP contribution in [0.15, 0.2) is 30.5 Å². The normalized spacial score (nSPS) is 20.8. The number of alkyl carbamates (subject to hydrolysis) is 1. The van der Waals surface area contributed by atoms with E-state index in [0.717, 1.165) is 37.8 Å². The largest absolute Gasteiger partial charge is 0.444 e. The van der Waals surface area contributed by atoms with E-state index in [2.05, 4.69) is 20.6 Å². The Morgan fingerprint density at radius 2 is 1.91 bits per heavy atom. The molecule has 182 valence electrons. The zero-order chi connectivity index (χ0) is 24.3. The van der Waals surface area contributed by atoms with E-state index in [0.29, 0.717) is 24.5 Å². The Hall–Kier alpha value is -3.23. The summed E-state index contributed by atoms with van der Waals surface area (Å²) < 4.78 is 20.0. The minimum absolute atomic E-state index is 0.0636. The number of benzene rings is 1. The number of carbonyl (C=O) groups is 2.